The van der Waals surface area contributed by atoms with Gasteiger partial charge in [-0.2, -0.15) is 0 Å². The fourth-order valence-corrected chi connectivity index (χ4v) is 1.91. The van der Waals surface area contributed by atoms with Gasteiger partial charge in [-0.15, -0.1) is 23.2 Å². The van der Waals surface area contributed by atoms with E-state index in [0.717, 1.165) is 5.75 Å². The number of nitrogens with one attached hydrogen (secondary N) is 1. The Hall–Kier alpha value is -0.930. The standard InChI is InChI=1S/C11H11Cl2NO2/c1-16-8-4-2-7(3-5-8)14-10(15)9-6-11(9,12)13/h2-5,9H,6H2,1H3,(H,14,15). The van der Waals surface area contributed by atoms with Crippen molar-refractivity contribution in [1.29, 1.82) is 0 Å². The van der Waals surface area contributed by atoms with Crippen LogP contribution in [0.4, 0.5) is 5.69 Å². The normalized spacial score (nSPS) is 21.3. The van der Waals surface area contributed by atoms with Gasteiger partial charge >= 0.3 is 0 Å². The summed E-state index contributed by atoms with van der Waals surface area (Å²) in [7, 11) is 1.59. The molecule has 0 aromatic heterocycles. The maximum Gasteiger partial charge on any atom is 0.230 e. The zero-order chi connectivity index (χ0) is 11.8. The minimum atomic E-state index is -0.878. The highest BCUT2D eigenvalue weighted by molar-refractivity contribution is 6.52. The third-order valence-corrected chi connectivity index (χ3v) is 3.34. The molecule has 0 bridgehead atoms. The Morgan fingerprint density at radius 1 is 1.44 bits per heavy atom. The topological polar surface area (TPSA) is 38.3 Å². The van der Waals surface area contributed by atoms with Crippen molar-refractivity contribution in [2.75, 3.05) is 12.4 Å². The molecular weight excluding hydrogens is 249 g/mol. The molecule has 0 heterocycles. The number of amides is 1. The smallest absolute Gasteiger partial charge is 0.230 e. The van der Waals surface area contributed by atoms with E-state index in [0.29, 0.717) is 12.1 Å². The lowest BCUT2D eigenvalue weighted by molar-refractivity contribution is -0.117. The van der Waals surface area contributed by atoms with Crippen LogP contribution in [0.1, 0.15) is 6.42 Å². The van der Waals surface area contributed by atoms with Crippen molar-refractivity contribution in [1.82, 2.24) is 0 Å². The Bertz CT molecular complexity index is 403. The fourth-order valence-electron chi connectivity index (χ4n) is 1.40. The molecule has 16 heavy (non-hydrogen) atoms. The Kier molecular flexibility index (Phi) is 3.00. The number of anilines is 1. The van der Waals surface area contributed by atoms with Gasteiger partial charge in [0.05, 0.1) is 13.0 Å². The van der Waals surface area contributed by atoms with E-state index < -0.39 is 4.33 Å². The average Bonchev–Trinajstić information content (AvgIpc) is 2.89. The first kappa shape index (κ1) is 11.6. The zero-order valence-electron chi connectivity index (χ0n) is 8.67. The summed E-state index contributed by atoms with van der Waals surface area (Å²) in [6.45, 7) is 0. The van der Waals surface area contributed by atoms with E-state index in [1.807, 2.05) is 0 Å². The van der Waals surface area contributed by atoms with Crippen LogP contribution in [0, 0.1) is 5.92 Å². The molecule has 0 aliphatic heterocycles. The van der Waals surface area contributed by atoms with Gasteiger partial charge in [-0.25, -0.2) is 0 Å². The maximum atomic E-state index is 11.6. The molecule has 0 spiro atoms. The highest BCUT2D eigenvalue weighted by atomic mass is 35.5. The second-order valence-electron chi connectivity index (χ2n) is 3.74. The molecule has 0 radical (unpaired) electrons. The average molecular weight is 260 g/mol. The molecule has 5 heteroatoms. The predicted octanol–water partition coefficient (Wildman–Crippen LogP) is 2.83. The summed E-state index contributed by atoms with van der Waals surface area (Å²) >= 11 is 11.6. The van der Waals surface area contributed by atoms with Crippen LogP contribution < -0.4 is 10.1 Å². The van der Waals surface area contributed by atoms with Gasteiger partial charge < -0.3 is 10.1 Å². The van der Waals surface area contributed by atoms with Crippen molar-refractivity contribution in [3.8, 4) is 5.75 Å². The lowest BCUT2D eigenvalue weighted by Gasteiger charge is -2.06. The Morgan fingerprint density at radius 3 is 2.44 bits per heavy atom. The lowest BCUT2D eigenvalue weighted by atomic mass is 10.3. The van der Waals surface area contributed by atoms with Crippen molar-refractivity contribution in [3.05, 3.63) is 24.3 Å². The van der Waals surface area contributed by atoms with Crippen molar-refractivity contribution in [3.63, 3.8) is 0 Å². The molecule has 1 atom stereocenters. The van der Waals surface area contributed by atoms with Gasteiger partial charge in [-0.1, -0.05) is 0 Å². The van der Waals surface area contributed by atoms with E-state index >= 15 is 0 Å². The number of hydrogen-bond acceptors (Lipinski definition) is 2. The number of carbonyl (C=O) groups excluding carboxylic acids is 1. The number of benzene rings is 1. The first-order valence-corrected chi connectivity index (χ1v) is 5.61. The summed E-state index contributed by atoms with van der Waals surface area (Å²) in [5.74, 6) is 0.293. The van der Waals surface area contributed by atoms with Gasteiger partial charge in [0.15, 0.2) is 0 Å². The van der Waals surface area contributed by atoms with Crippen molar-refractivity contribution >= 4 is 34.8 Å². The molecule has 86 valence electrons. The molecule has 0 saturated heterocycles. The number of rotatable bonds is 3. The summed E-state index contributed by atoms with van der Waals surface area (Å²) in [5.41, 5.74) is 0.710. The quantitative estimate of drug-likeness (QED) is 0.848. The largest absolute Gasteiger partial charge is 0.497 e. The van der Waals surface area contributed by atoms with Gasteiger partial charge in [-0.05, 0) is 30.7 Å². The highest BCUT2D eigenvalue weighted by Crippen LogP contribution is 2.53. The second kappa shape index (κ2) is 4.15. The number of ether oxygens (including phenoxy) is 1. The van der Waals surface area contributed by atoms with E-state index in [4.69, 9.17) is 27.9 Å². The third kappa shape index (κ3) is 2.42. The molecule has 1 aliphatic rings. The molecule has 2 rings (SSSR count). The second-order valence-corrected chi connectivity index (χ2v) is 5.28. The number of carbonyl (C=O) groups is 1. The van der Waals surface area contributed by atoms with E-state index in [9.17, 15) is 4.79 Å². The molecule has 1 amide bonds. The van der Waals surface area contributed by atoms with E-state index in [2.05, 4.69) is 5.32 Å². The number of alkyl halides is 2. The number of halogens is 2. The molecule has 1 aromatic rings. The minimum Gasteiger partial charge on any atom is -0.497 e. The van der Waals surface area contributed by atoms with Gasteiger partial charge in [0.2, 0.25) is 5.91 Å². The monoisotopic (exact) mass is 259 g/mol. The van der Waals surface area contributed by atoms with E-state index in [1.54, 1.807) is 31.4 Å². The van der Waals surface area contributed by atoms with Crippen molar-refractivity contribution in [2.24, 2.45) is 5.92 Å². The predicted molar refractivity (Wildman–Crippen MR) is 64.2 cm³/mol. The van der Waals surface area contributed by atoms with Crippen LogP contribution in [0.5, 0.6) is 5.75 Å². The molecule has 1 N–H and O–H groups in total. The molecule has 1 fully saturated rings. The van der Waals surface area contributed by atoms with Crippen LogP contribution in [-0.4, -0.2) is 17.4 Å². The van der Waals surface area contributed by atoms with Crippen molar-refractivity contribution < 1.29 is 9.53 Å². The van der Waals surface area contributed by atoms with E-state index in [1.165, 1.54) is 0 Å². The molecule has 1 aliphatic carbocycles. The van der Waals surface area contributed by atoms with Gasteiger partial charge in [-0.3, -0.25) is 4.79 Å². The third-order valence-electron chi connectivity index (χ3n) is 2.50. The Balaban J connectivity index is 1.96. The zero-order valence-corrected chi connectivity index (χ0v) is 10.2. The molecule has 1 unspecified atom stereocenters. The first-order chi connectivity index (χ1) is 7.53. The maximum absolute atomic E-state index is 11.6. The fraction of sp³-hybridized carbons (Fsp3) is 0.364. The van der Waals surface area contributed by atoms with Crippen molar-refractivity contribution in [2.45, 2.75) is 10.8 Å². The molecule has 1 aromatic carbocycles. The lowest BCUT2D eigenvalue weighted by Crippen LogP contribution is -2.16. The number of hydrogen-bond donors (Lipinski definition) is 1. The van der Waals surface area contributed by atoms with Crippen LogP contribution in [0.25, 0.3) is 0 Å². The summed E-state index contributed by atoms with van der Waals surface area (Å²) < 4.78 is 4.13. The summed E-state index contributed by atoms with van der Waals surface area (Å²) in [6.07, 6.45) is 0.512. The SMILES string of the molecule is COc1ccc(NC(=O)C2CC2(Cl)Cl)cc1. The Morgan fingerprint density at radius 2 is 2.00 bits per heavy atom. The van der Waals surface area contributed by atoms with Gasteiger partial charge in [0.25, 0.3) is 0 Å². The summed E-state index contributed by atoms with van der Waals surface area (Å²) in [4.78, 5) is 11.6. The highest BCUT2D eigenvalue weighted by Gasteiger charge is 2.56. The van der Waals surface area contributed by atoms with E-state index in [-0.39, 0.29) is 11.8 Å². The number of methoxy groups -OCH3 is 1. The Labute approximate surface area is 104 Å². The summed E-state index contributed by atoms with van der Waals surface area (Å²) in [6, 6.07) is 7.08. The molecular formula is C11H11Cl2NO2. The molecule has 1 saturated carbocycles. The van der Waals surface area contributed by atoms with Crippen LogP contribution >= 0.6 is 23.2 Å². The summed E-state index contributed by atoms with van der Waals surface area (Å²) in [5, 5.41) is 2.75. The van der Waals surface area contributed by atoms with Crippen LogP contribution in [0.2, 0.25) is 0 Å². The van der Waals surface area contributed by atoms with Crippen LogP contribution in [0.15, 0.2) is 24.3 Å². The van der Waals surface area contributed by atoms with Crippen LogP contribution in [0.3, 0.4) is 0 Å². The minimum absolute atomic E-state index is 0.143. The molecule has 3 nitrogen and oxygen atoms in total. The van der Waals surface area contributed by atoms with Gasteiger partial charge in [0.1, 0.15) is 10.1 Å². The van der Waals surface area contributed by atoms with Crippen LogP contribution in [-0.2, 0) is 4.79 Å². The first-order valence-electron chi connectivity index (χ1n) is 4.85. The van der Waals surface area contributed by atoms with Gasteiger partial charge in [0, 0.05) is 5.69 Å².